The first-order chi connectivity index (χ1) is 20.8. The maximum absolute atomic E-state index is 14.7. The maximum Gasteiger partial charge on any atom is 0.573 e. The van der Waals surface area contributed by atoms with Crippen LogP contribution < -0.4 is 9.47 Å². The Morgan fingerprint density at radius 3 is 1.95 bits per heavy atom. The molecule has 44 heavy (non-hydrogen) atoms. The molecule has 0 N–H and O–H groups in total. The molecule has 0 spiro atoms. The highest BCUT2D eigenvalue weighted by atomic mass is 19.4. The number of rotatable bonds is 11. The van der Waals surface area contributed by atoms with E-state index in [0.29, 0.717) is 44.1 Å². The lowest BCUT2D eigenvalue weighted by atomic mass is 9.86. The fourth-order valence-corrected chi connectivity index (χ4v) is 5.23. The third-order valence-corrected chi connectivity index (χ3v) is 7.39. The lowest BCUT2D eigenvalue weighted by Crippen LogP contribution is -2.39. The number of ether oxygens (including phenoxy) is 5. The summed E-state index contributed by atoms with van der Waals surface area (Å²) in [7, 11) is 0. The van der Waals surface area contributed by atoms with Crippen LogP contribution in [0, 0.1) is 35.1 Å². The Morgan fingerprint density at radius 2 is 1.41 bits per heavy atom. The largest absolute Gasteiger partial charge is 0.573 e. The predicted molar refractivity (Wildman–Crippen MR) is 138 cm³/mol. The van der Waals surface area contributed by atoms with Gasteiger partial charge >= 0.3 is 12.5 Å². The van der Waals surface area contributed by atoms with Crippen molar-refractivity contribution in [3.63, 3.8) is 0 Å². The average molecular weight is 643 g/mol. The van der Waals surface area contributed by atoms with E-state index in [0.717, 1.165) is 25.7 Å². The molecule has 1 aliphatic carbocycles. The van der Waals surface area contributed by atoms with Gasteiger partial charge in [-0.05, 0) is 63.1 Å². The van der Waals surface area contributed by atoms with E-state index >= 15 is 0 Å². The molecule has 0 unspecified atom stereocenters. The molecule has 0 aromatic heterocycles. The zero-order chi connectivity index (χ0) is 32.1. The van der Waals surface area contributed by atoms with Crippen LogP contribution in [0.15, 0.2) is 36.4 Å². The highest BCUT2D eigenvalue weighted by molar-refractivity contribution is 5.36. The Bertz CT molecular complexity index is 1240. The summed E-state index contributed by atoms with van der Waals surface area (Å²) in [5.74, 6) is -10.2. The molecule has 244 valence electrons. The summed E-state index contributed by atoms with van der Waals surface area (Å²) in [4.78, 5) is 0. The minimum absolute atomic E-state index is 0.0412. The molecule has 4 rings (SSSR count). The molecule has 2 fully saturated rings. The first-order valence-corrected chi connectivity index (χ1v) is 14.0. The summed E-state index contributed by atoms with van der Waals surface area (Å²) in [5, 5.41) is 0. The van der Waals surface area contributed by atoms with Crippen molar-refractivity contribution in [1.29, 1.82) is 0 Å². The van der Waals surface area contributed by atoms with Crippen LogP contribution in [0.4, 0.5) is 39.5 Å². The van der Waals surface area contributed by atoms with E-state index < -0.39 is 52.8 Å². The molecule has 2 aliphatic rings. The second kappa shape index (κ2) is 14.4. The molecular formula is C30H31F9O5. The van der Waals surface area contributed by atoms with E-state index in [1.165, 1.54) is 0 Å². The first kappa shape index (κ1) is 33.9. The fraction of sp³-hybridized carbons (Fsp3) is 0.533. The number of alkyl halides is 5. The lowest BCUT2D eigenvalue weighted by molar-refractivity contribution is -0.276. The van der Waals surface area contributed by atoms with E-state index in [4.69, 9.17) is 14.2 Å². The van der Waals surface area contributed by atoms with Gasteiger partial charge in [0.2, 0.25) is 5.75 Å². The molecule has 0 atom stereocenters. The number of halogens is 9. The Morgan fingerprint density at radius 1 is 0.818 bits per heavy atom. The molecular weight excluding hydrogens is 611 g/mol. The molecule has 5 nitrogen and oxygen atoms in total. The third kappa shape index (κ3) is 9.04. The van der Waals surface area contributed by atoms with Crippen LogP contribution in [0.3, 0.4) is 0 Å². The topological polar surface area (TPSA) is 46.2 Å². The zero-order valence-electron chi connectivity index (χ0n) is 23.6. The second-order valence-electron chi connectivity index (χ2n) is 10.7. The van der Waals surface area contributed by atoms with Crippen LogP contribution >= 0.6 is 0 Å². The molecule has 1 saturated carbocycles. The van der Waals surface area contributed by atoms with Crippen molar-refractivity contribution in [3.05, 3.63) is 70.8 Å². The van der Waals surface area contributed by atoms with Gasteiger partial charge < -0.3 is 23.7 Å². The number of hydrogen-bond acceptors (Lipinski definition) is 5. The van der Waals surface area contributed by atoms with E-state index in [9.17, 15) is 39.5 Å². The Labute approximate surface area is 247 Å². The first-order valence-electron chi connectivity index (χ1n) is 14.0. The summed E-state index contributed by atoms with van der Waals surface area (Å²) in [6, 6.07) is 1.14. The van der Waals surface area contributed by atoms with Crippen molar-refractivity contribution >= 4 is 0 Å². The van der Waals surface area contributed by atoms with Gasteiger partial charge in [-0.2, -0.15) is 8.78 Å². The second-order valence-corrected chi connectivity index (χ2v) is 10.7. The molecule has 14 heteroatoms. The van der Waals surface area contributed by atoms with Crippen molar-refractivity contribution in [2.45, 2.75) is 76.9 Å². The van der Waals surface area contributed by atoms with Crippen molar-refractivity contribution in [1.82, 2.24) is 0 Å². The van der Waals surface area contributed by atoms with Gasteiger partial charge in [0.05, 0.1) is 25.9 Å². The Balaban J connectivity index is 1.30. The minimum atomic E-state index is -5.47. The predicted octanol–water partition coefficient (Wildman–Crippen LogP) is 8.69. The fourth-order valence-electron chi connectivity index (χ4n) is 5.23. The van der Waals surface area contributed by atoms with E-state index in [2.05, 4.69) is 15.5 Å². The minimum Gasteiger partial charge on any atom is -0.429 e. The average Bonchev–Trinajstić information content (AvgIpc) is 2.93. The standard InChI is InChI=1S/C30H31F9O5/c1-2-3-4-5-17-14-41-28(42-15-17)19-6-8-20(9-7-19)40-16-18-10-22(31)26(23(32)11-18)29(35,36)43-21-12-24(33)27(25(34)13-21)44-30(37,38)39/h2-3,10-13,17,19-20,28H,4-9,14-16H2,1H3/b3-2+. The van der Waals surface area contributed by atoms with Gasteiger partial charge in [-0.1, -0.05) is 12.2 Å². The van der Waals surface area contributed by atoms with Crippen molar-refractivity contribution in [2.75, 3.05) is 13.2 Å². The van der Waals surface area contributed by atoms with Crippen LogP contribution in [0.25, 0.3) is 0 Å². The summed E-state index contributed by atoms with van der Waals surface area (Å²) >= 11 is 0. The molecule has 1 heterocycles. The summed E-state index contributed by atoms with van der Waals surface area (Å²) in [6.07, 6.45) is -1.99. The van der Waals surface area contributed by atoms with Gasteiger partial charge in [-0.15, -0.1) is 13.2 Å². The molecule has 0 bridgehead atoms. The van der Waals surface area contributed by atoms with Crippen molar-refractivity contribution < 1.29 is 63.2 Å². The molecule has 1 aliphatic heterocycles. The van der Waals surface area contributed by atoms with Crippen LogP contribution in [-0.2, 0) is 26.9 Å². The number of hydrogen-bond donors (Lipinski definition) is 0. The summed E-state index contributed by atoms with van der Waals surface area (Å²) in [5.41, 5.74) is -1.95. The molecule has 1 saturated heterocycles. The quantitative estimate of drug-likeness (QED) is 0.181. The molecule has 2 aromatic rings. The summed E-state index contributed by atoms with van der Waals surface area (Å²) < 4.78 is 148. The monoisotopic (exact) mass is 642 g/mol. The highest BCUT2D eigenvalue weighted by Crippen LogP contribution is 2.39. The maximum atomic E-state index is 14.7. The van der Waals surface area contributed by atoms with Crippen LogP contribution in [0.5, 0.6) is 11.5 Å². The zero-order valence-corrected chi connectivity index (χ0v) is 23.6. The summed E-state index contributed by atoms with van der Waals surface area (Å²) in [6.45, 7) is 2.96. The van der Waals surface area contributed by atoms with E-state index in [1.807, 2.05) is 13.0 Å². The van der Waals surface area contributed by atoms with Crippen LogP contribution in [0.2, 0.25) is 0 Å². The van der Waals surface area contributed by atoms with Gasteiger partial charge in [0.1, 0.15) is 22.9 Å². The number of allylic oxidation sites excluding steroid dienone is 2. The van der Waals surface area contributed by atoms with Gasteiger partial charge in [-0.3, -0.25) is 0 Å². The van der Waals surface area contributed by atoms with Gasteiger partial charge in [-0.25, -0.2) is 17.6 Å². The Hall–Kier alpha value is -2.97. The van der Waals surface area contributed by atoms with E-state index in [-0.39, 0.29) is 42.6 Å². The van der Waals surface area contributed by atoms with Gasteiger partial charge in [0.15, 0.2) is 17.9 Å². The molecule has 2 aromatic carbocycles. The van der Waals surface area contributed by atoms with Crippen molar-refractivity contribution in [2.24, 2.45) is 11.8 Å². The molecule has 0 radical (unpaired) electrons. The lowest BCUT2D eigenvalue weighted by Gasteiger charge is -2.37. The van der Waals surface area contributed by atoms with Gasteiger partial charge in [0, 0.05) is 24.0 Å². The SMILES string of the molecule is C/C=C/CCC1COC(C2CCC(OCc3cc(F)c(C(F)(F)Oc4cc(F)c(OC(F)(F)F)c(F)c4)c(F)c3)CC2)OC1. The normalized spacial score (nSPS) is 23.2. The van der Waals surface area contributed by atoms with Crippen LogP contribution in [-0.4, -0.2) is 32.0 Å². The number of benzene rings is 2. The highest BCUT2D eigenvalue weighted by Gasteiger charge is 2.42. The van der Waals surface area contributed by atoms with Crippen molar-refractivity contribution in [3.8, 4) is 11.5 Å². The van der Waals surface area contributed by atoms with Crippen LogP contribution in [0.1, 0.15) is 56.6 Å². The smallest absolute Gasteiger partial charge is 0.429 e. The molecule has 0 amide bonds. The Kier molecular flexibility index (Phi) is 11.1. The third-order valence-electron chi connectivity index (χ3n) is 7.39. The van der Waals surface area contributed by atoms with Gasteiger partial charge in [0.25, 0.3) is 0 Å². The van der Waals surface area contributed by atoms with E-state index in [1.54, 1.807) is 0 Å².